The van der Waals surface area contributed by atoms with Crippen molar-refractivity contribution in [1.82, 2.24) is 0 Å². The first-order valence-electron chi connectivity index (χ1n) is 11.0. The van der Waals surface area contributed by atoms with Gasteiger partial charge in [-0.1, -0.05) is 55.5 Å². The summed E-state index contributed by atoms with van der Waals surface area (Å²) < 4.78 is 0. The highest BCUT2D eigenvalue weighted by Gasteiger charge is 2.41. The summed E-state index contributed by atoms with van der Waals surface area (Å²) >= 11 is 1.39. The largest absolute Gasteiger partial charge is 0.326 e. The first kappa shape index (κ1) is 22.8. The molecule has 1 heterocycles. The molecule has 6 heteroatoms. The zero-order chi connectivity index (χ0) is 23.4. The maximum absolute atomic E-state index is 13.2. The van der Waals surface area contributed by atoms with Gasteiger partial charge in [0.1, 0.15) is 0 Å². The van der Waals surface area contributed by atoms with Crippen LogP contribution in [0, 0.1) is 6.92 Å². The number of hydrogen-bond acceptors (Lipinski definition) is 4. The van der Waals surface area contributed by atoms with Crippen LogP contribution in [-0.2, 0) is 27.2 Å². The van der Waals surface area contributed by atoms with Crippen molar-refractivity contribution in [3.05, 3.63) is 89.5 Å². The van der Waals surface area contributed by atoms with Crippen LogP contribution in [0.1, 0.15) is 30.0 Å². The van der Waals surface area contributed by atoms with Crippen LogP contribution in [-0.4, -0.2) is 23.0 Å². The van der Waals surface area contributed by atoms with Crippen LogP contribution in [0.5, 0.6) is 0 Å². The fraction of sp³-hybridized carbons (Fsp3) is 0.222. The Bertz CT molecular complexity index is 1180. The highest BCUT2D eigenvalue weighted by molar-refractivity contribution is 8.00. The number of aryl methyl sites for hydroxylation is 2. The maximum Gasteiger partial charge on any atom is 0.247 e. The van der Waals surface area contributed by atoms with Gasteiger partial charge in [-0.15, -0.1) is 11.8 Å². The average Bonchev–Trinajstić information content (AvgIpc) is 3.08. The summed E-state index contributed by atoms with van der Waals surface area (Å²) in [4.78, 5) is 40.4. The molecular weight excluding hydrogens is 432 g/mol. The highest BCUT2D eigenvalue weighted by atomic mass is 32.2. The van der Waals surface area contributed by atoms with Gasteiger partial charge in [0.15, 0.2) is 0 Å². The summed E-state index contributed by atoms with van der Waals surface area (Å²) in [6.07, 6.45) is 1.24. The molecule has 3 amide bonds. The predicted octanol–water partition coefficient (Wildman–Crippen LogP) is 5.16. The molecule has 1 aliphatic heterocycles. The number of para-hydroxylation sites is 1. The van der Waals surface area contributed by atoms with Crippen LogP contribution >= 0.6 is 11.8 Å². The number of nitrogens with zero attached hydrogens (tertiary/aromatic N) is 1. The topological polar surface area (TPSA) is 66.5 Å². The molecule has 0 spiro atoms. The smallest absolute Gasteiger partial charge is 0.247 e. The highest BCUT2D eigenvalue weighted by Crippen LogP contribution is 2.37. The van der Waals surface area contributed by atoms with Gasteiger partial charge in [0.25, 0.3) is 0 Å². The Balaban J connectivity index is 1.41. The van der Waals surface area contributed by atoms with E-state index in [-0.39, 0.29) is 24.1 Å². The van der Waals surface area contributed by atoms with Crippen molar-refractivity contribution < 1.29 is 14.4 Å². The number of anilines is 2. The second-order valence-electron chi connectivity index (χ2n) is 8.05. The molecule has 0 radical (unpaired) electrons. The molecule has 1 aliphatic rings. The quantitative estimate of drug-likeness (QED) is 0.497. The lowest BCUT2D eigenvalue weighted by Crippen LogP contribution is -2.32. The van der Waals surface area contributed by atoms with Crippen molar-refractivity contribution >= 4 is 40.9 Å². The van der Waals surface area contributed by atoms with Crippen molar-refractivity contribution in [2.45, 2.75) is 43.3 Å². The van der Waals surface area contributed by atoms with Gasteiger partial charge >= 0.3 is 0 Å². The molecule has 1 fully saturated rings. The molecule has 0 saturated carbocycles. The van der Waals surface area contributed by atoms with Crippen LogP contribution in [0.25, 0.3) is 0 Å². The zero-order valence-corrected chi connectivity index (χ0v) is 19.5. The lowest BCUT2D eigenvalue weighted by atomic mass is 10.0. The van der Waals surface area contributed by atoms with Crippen molar-refractivity contribution in [2.24, 2.45) is 0 Å². The van der Waals surface area contributed by atoms with Crippen LogP contribution in [0.15, 0.2) is 77.7 Å². The standard InChI is InChI=1S/C27H26N2O3S/c1-3-20-11-7-8-18(2)26(20)29-25(31)17-23(27(29)32)33-22-14-12-21(13-15-22)28-24(30)16-19-9-5-4-6-10-19/h4-15,23H,3,16-17H2,1-2H3,(H,28,30)/t23-/m0/s1. The number of hydrogen-bond donors (Lipinski definition) is 1. The maximum atomic E-state index is 13.2. The number of carbonyl (C=O) groups excluding carboxylic acids is 3. The number of nitrogens with one attached hydrogen (secondary N) is 1. The van der Waals surface area contributed by atoms with Gasteiger partial charge < -0.3 is 5.32 Å². The van der Waals surface area contributed by atoms with E-state index in [2.05, 4.69) is 5.32 Å². The first-order chi connectivity index (χ1) is 16.0. The number of rotatable bonds is 7. The Labute approximate surface area is 198 Å². The summed E-state index contributed by atoms with van der Waals surface area (Å²) in [5, 5.41) is 2.44. The number of thioether (sulfide) groups is 1. The normalized spacial score (nSPS) is 15.7. The molecule has 3 aromatic carbocycles. The first-order valence-corrected chi connectivity index (χ1v) is 11.9. The van der Waals surface area contributed by atoms with Crippen molar-refractivity contribution in [1.29, 1.82) is 0 Å². The van der Waals surface area contributed by atoms with E-state index in [9.17, 15) is 14.4 Å². The van der Waals surface area contributed by atoms with E-state index in [0.29, 0.717) is 12.1 Å². The summed E-state index contributed by atoms with van der Waals surface area (Å²) in [7, 11) is 0. The Morgan fingerprint density at radius 3 is 2.42 bits per heavy atom. The fourth-order valence-corrected chi connectivity index (χ4v) is 5.08. The molecule has 168 valence electrons. The third-order valence-electron chi connectivity index (χ3n) is 5.65. The summed E-state index contributed by atoms with van der Waals surface area (Å²) in [5.74, 6) is -0.417. The molecule has 0 aromatic heterocycles. The summed E-state index contributed by atoms with van der Waals surface area (Å²) in [6, 6.07) is 22.8. The molecular formula is C27H26N2O3S. The minimum Gasteiger partial charge on any atom is -0.326 e. The summed E-state index contributed by atoms with van der Waals surface area (Å²) in [5.41, 5.74) is 4.31. The van der Waals surface area contributed by atoms with E-state index in [4.69, 9.17) is 0 Å². The molecule has 1 N–H and O–H groups in total. The van der Waals surface area contributed by atoms with E-state index in [1.807, 2.05) is 86.6 Å². The fourth-order valence-electron chi connectivity index (χ4n) is 4.02. The third kappa shape index (κ3) is 5.17. The minimum absolute atomic E-state index is 0.0845. The van der Waals surface area contributed by atoms with Crippen LogP contribution in [0.3, 0.4) is 0 Å². The predicted molar refractivity (Wildman–Crippen MR) is 133 cm³/mol. The molecule has 0 bridgehead atoms. The van der Waals surface area contributed by atoms with E-state index in [1.165, 1.54) is 16.7 Å². The second-order valence-corrected chi connectivity index (χ2v) is 9.33. The zero-order valence-electron chi connectivity index (χ0n) is 18.7. The van der Waals surface area contributed by atoms with Gasteiger partial charge in [-0.2, -0.15) is 0 Å². The molecule has 1 atom stereocenters. The number of imide groups is 1. The van der Waals surface area contributed by atoms with E-state index >= 15 is 0 Å². The van der Waals surface area contributed by atoms with Crippen molar-refractivity contribution in [3.63, 3.8) is 0 Å². The second kappa shape index (κ2) is 10.0. The Hall–Kier alpha value is -3.38. The molecule has 5 nitrogen and oxygen atoms in total. The monoisotopic (exact) mass is 458 g/mol. The van der Waals surface area contributed by atoms with Gasteiger partial charge in [-0.05, 0) is 54.3 Å². The molecule has 0 unspecified atom stereocenters. The Kier molecular flexibility index (Phi) is 6.94. The molecule has 1 saturated heterocycles. The number of amides is 3. The number of carbonyl (C=O) groups is 3. The lowest BCUT2D eigenvalue weighted by Gasteiger charge is -2.20. The van der Waals surface area contributed by atoms with Gasteiger partial charge in [0.05, 0.1) is 17.4 Å². The summed E-state index contributed by atoms with van der Waals surface area (Å²) in [6.45, 7) is 3.95. The number of benzene rings is 3. The minimum atomic E-state index is -0.458. The lowest BCUT2D eigenvalue weighted by molar-refractivity contribution is -0.121. The van der Waals surface area contributed by atoms with Gasteiger partial charge in [0.2, 0.25) is 17.7 Å². The van der Waals surface area contributed by atoms with Gasteiger partial charge in [-0.3, -0.25) is 14.4 Å². The average molecular weight is 459 g/mol. The van der Waals surface area contributed by atoms with E-state index in [0.717, 1.165) is 33.7 Å². The third-order valence-corrected chi connectivity index (χ3v) is 6.85. The Morgan fingerprint density at radius 2 is 1.73 bits per heavy atom. The SMILES string of the molecule is CCc1cccc(C)c1N1C(=O)C[C@H](Sc2ccc(NC(=O)Cc3ccccc3)cc2)C1=O. The van der Waals surface area contributed by atoms with Gasteiger partial charge in [0, 0.05) is 17.0 Å². The van der Waals surface area contributed by atoms with Gasteiger partial charge in [-0.25, -0.2) is 4.90 Å². The van der Waals surface area contributed by atoms with Crippen molar-refractivity contribution in [3.8, 4) is 0 Å². The molecule has 4 rings (SSSR count). The van der Waals surface area contributed by atoms with E-state index < -0.39 is 5.25 Å². The van der Waals surface area contributed by atoms with Crippen molar-refractivity contribution in [2.75, 3.05) is 10.2 Å². The molecule has 33 heavy (non-hydrogen) atoms. The van der Waals surface area contributed by atoms with Crippen LogP contribution in [0.2, 0.25) is 0 Å². The molecule has 3 aromatic rings. The van der Waals surface area contributed by atoms with Crippen LogP contribution < -0.4 is 10.2 Å². The Morgan fingerprint density at radius 1 is 1.00 bits per heavy atom. The molecule has 0 aliphatic carbocycles. The van der Waals surface area contributed by atoms with Crippen LogP contribution in [0.4, 0.5) is 11.4 Å². The van der Waals surface area contributed by atoms with E-state index in [1.54, 1.807) is 0 Å².